The zero-order valence-electron chi connectivity index (χ0n) is 41.8. The normalized spacial score (nSPS) is 14.0. The molecule has 1 atom stereocenters. The van der Waals surface area contributed by atoms with Gasteiger partial charge >= 0.3 is 0 Å². The number of hydrogen-bond donors (Lipinski definition) is 0. The average molecular weight is 983 g/mol. The molecule has 2 heterocycles. The molecule has 0 radical (unpaired) electrons. The molecule has 1 unspecified atom stereocenters. The van der Waals surface area contributed by atoms with Crippen LogP contribution in [0.1, 0.15) is 22.3 Å². The Bertz CT molecular complexity index is 4630. The molecule has 16 rings (SSSR count). The molecule has 4 heteroatoms. The zero-order chi connectivity index (χ0) is 50.6. The number of benzene rings is 12. The summed E-state index contributed by atoms with van der Waals surface area (Å²) in [6.07, 6.45) is 0. The Morgan fingerprint density at radius 1 is 0.273 bits per heavy atom. The number of furan rings is 2. The number of fused-ring (bicyclic) bond motifs is 17. The van der Waals surface area contributed by atoms with Crippen LogP contribution in [-0.4, -0.2) is 0 Å². The topological polar surface area (TPSA) is 32.8 Å². The Labute approximate surface area is 445 Å². The minimum absolute atomic E-state index is 0.634. The summed E-state index contributed by atoms with van der Waals surface area (Å²) in [5.74, 6) is 0. The maximum atomic E-state index is 7.02. The van der Waals surface area contributed by atoms with Gasteiger partial charge in [-0.25, -0.2) is 0 Å². The molecule has 77 heavy (non-hydrogen) atoms. The fraction of sp³-hybridized carbons (Fsp3) is 0.0137. The maximum Gasteiger partial charge on any atom is 0.159 e. The van der Waals surface area contributed by atoms with Crippen LogP contribution in [0, 0.1) is 0 Å². The third-order valence-electron chi connectivity index (χ3n) is 16.2. The Kier molecular flexibility index (Phi) is 9.52. The van der Waals surface area contributed by atoms with Crippen LogP contribution >= 0.6 is 0 Å². The summed E-state index contributed by atoms with van der Waals surface area (Å²) in [7, 11) is 0. The fourth-order valence-electron chi connectivity index (χ4n) is 13.0. The van der Waals surface area contributed by atoms with Crippen LogP contribution in [0.5, 0.6) is 0 Å². The largest absolute Gasteiger partial charge is 0.456 e. The Balaban J connectivity index is 0.978. The van der Waals surface area contributed by atoms with Gasteiger partial charge in [0.2, 0.25) is 0 Å². The van der Waals surface area contributed by atoms with Gasteiger partial charge in [0.25, 0.3) is 0 Å². The van der Waals surface area contributed by atoms with Crippen molar-refractivity contribution in [3.05, 3.63) is 301 Å². The Morgan fingerprint density at radius 3 is 1.57 bits per heavy atom. The molecule has 0 bridgehead atoms. The molecule has 0 fully saturated rings. The first kappa shape index (κ1) is 43.3. The predicted molar refractivity (Wildman–Crippen MR) is 318 cm³/mol. The number of nitrogens with zero attached hydrogens (tertiary/aromatic N) is 2. The summed E-state index contributed by atoms with van der Waals surface area (Å²) in [5.41, 5.74) is 23.4. The van der Waals surface area contributed by atoms with Gasteiger partial charge in [0.05, 0.1) is 11.1 Å². The second kappa shape index (κ2) is 16.9. The van der Waals surface area contributed by atoms with E-state index in [4.69, 9.17) is 8.83 Å². The quantitative estimate of drug-likeness (QED) is 0.152. The zero-order valence-corrected chi connectivity index (χ0v) is 41.8. The number of anilines is 6. The highest BCUT2D eigenvalue weighted by Gasteiger charge is 2.52. The molecule has 0 saturated carbocycles. The SMILES string of the molecule is c1ccc(-c2ccc(N(c3ccccc3)c3cc(-c4ccccc4)cc(N(c4ccc5c(c4)C4(c6ccccc6-5)c5ccccc5-c5c4ccc4oc6ccccc6c54)c4cccc5c4oc4ccccc45)c3)cc2)cc1. The van der Waals surface area contributed by atoms with E-state index < -0.39 is 5.41 Å². The van der Waals surface area contributed by atoms with Crippen molar-refractivity contribution in [3.63, 3.8) is 0 Å². The minimum atomic E-state index is -0.634. The van der Waals surface area contributed by atoms with E-state index >= 15 is 0 Å². The van der Waals surface area contributed by atoms with E-state index in [0.29, 0.717) is 0 Å². The first-order valence-electron chi connectivity index (χ1n) is 26.4. The van der Waals surface area contributed by atoms with Crippen LogP contribution in [0.4, 0.5) is 34.1 Å². The van der Waals surface area contributed by atoms with Crippen molar-refractivity contribution in [2.75, 3.05) is 9.80 Å². The maximum absolute atomic E-state index is 7.02. The van der Waals surface area contributed by atoms with E-state index in [1.54, 1.807) is 0 Å². The molecule has 2 aliphatic carbocycles. The molecule has 0 amide bonds. The van der Waals surface area contributed by atoms with E-state index in [1.807, 2.05) is 0 Å². The van der Waals surface area contributed by atoms with Gasteiger partial charge < -0.3 is 18.6 Å². The molecular weight excluding hydrogens is 937 g/mol. The predicted octanol–water partition coefficient (Wildman–Crippen LogP) is 20.1. The van der Waals surface area contributed by atoms with Gasteiger partial charge in [-0.1, -0.05) is 200 Å². The lowest BCUT2D eigenvalue weighted by molar-refractivity contribution is 0.668. The number of para-hydroxylation sites is 4. The first-order chi connectivity index (χ1) is 38.2. The van der Waals surface area contributed by atoms with Gasteiger partial charge in [-0.3, -0.25) is 0 Å². The van der Waals surface area contributed by atoms with E-state index in [-0.39, 0.29) is 0 Å². The molecule has 2 aromatic heterocycles. The van der Waals surface area contributed by atoms with E-state index in [9.17, 15) is 0 Å². The van der Waals surface area contributed by atoms with Gasteiger partial charge in [0.15, 0.2) is 5.58 Å². The smallest absolute Gasteiger partial charge is 0.159 e. The van der Waals surface area contributed by atoms with Crippen LogP contribution in [0.15, 0.2) is 288 Å². The highest BCUT2D eigenvalue weighted by molar-refractivity contribution is 6.16. The molecule has 1 spiro atoms. The standard InChI is InChI=1S/C73H46N2O2/c1-4-19-47(20-5-1)49-35-37-52(38-36-49)74(51-23-8-3-9-24-51)54-43-50(48-21-6-2-7-22-48)44-55(45-54)75(66-32-18-29-59-58-26-12-16-33-67(58)77-72(59)66)53-39-40-57-56-25-10-14-30-62(56)73(65(57)46-53)63-31-15-11-27-60(63)70-64(73)41-42-69-71(70)61-28-13-17-34-68(61)76-69/h1-46H. The van der Waals surface area contributed by atoms with Crippen molar-refractivity contribution in [1.29, 1.82) is 0 Å². The molecule has 360 valence electrons. The van der Waals surface area contributed by atoms with Crippen LogP contribution in [0.3, 0.4) is 0 Å². The first-order valence-corrected chi connectivity index (χ1v) is 26.4. The van der Waals surface area contributed by atoms with Crippen molar-refractivity contribution in [2.24, 2.45) is 0 Å². The van der Waals surface area contributed by atoms with Gasteiger partial charge in [-0.15, -0.1) is 0 Å². The second-order valence-electron chi connectivity index (χ2n) is 20.3. The van der Waals surface area contributed by atoms with Crippen LogP contribution < -0.4 is 9.80 Å². The highest BCUT2D eigenvalue weighted by Crippen LogP contribution is 2.65. The van der Waals surface area contributed by atoms with Crippen LogP contribution in [-0.2, 0) is 5.41 Å². The molecule has 4 nitrogen and oxygen atoms in total. The summed E-state index contributed by atoms with van der Waals surface area (Å²) in [5, 5.41) is 4.43. The number of rotatable bonds is 8. The summed E-state index contributed by atoms with van der Waals surface area (Å²) >= 11 is 0. The van der Waals surface area contributed by atoms with Gasteiger partial charge in [0.1, 0.15) is 16.7 Å². The highest BCUT2D eigenvalue weighted by atomic mass is 16.3. The lowest BCUT2D eigenvalue weighted by atomic mass is 9.70. The monoisotopic (exact) mass is 982 g/mol. The van der Waals surface area contributed by atoms with Gasteiger partial charge in [-0.2, -0.15) is 0 Å². The second-order valence-corrected chi connectivity index (χ2v) is 20.3. The van der Waals surface area contributed by atoms with Crippen molar-refractivity contribution >= 4 is 78.0 Å². The molecule has 0 N–H and O–H groups in total. The van der Waals surface area contributed by atoms with E-state index in [0.717, 1.165) is 94.7 Å². The van der Waals surface area contributed by atoms with Gasteiger partial charge in [0, 0.05) is 50.0 Å². The third kappa shape index (κ3) is 6.46. The summed E-state index contributed by atoms with van der Waals surface area (Å²) in [6, 6.07) is 101. The molecule has 0 aliphatic heterocycles. The lowest BCUT2D eigenvalue weighted by Gasteiger charge is -2.33. The van der Waals surface area contributed by atoms with Crippen molar-refractivity contribution in [3.8, 4) is 44.5 Å². The lowest BCUT2D eigenvalue weighted by Crippen LogP contribution is -2.26. The van der Waals surface area contributed by atoms with E-state index in [2.05, 4.69) is 289 Å². The fourth-order valence-corrected chi connectivity index (χ4v) is 13.0. The van der Waals surface area contributed by atoms with Crippen molar-refractivity contribution in [2.45, 2.75) is 5.41 Å². The summed E-state index contributed by atoms with van der Waals surface area (Å²) in [4.78, 5) is 4.82. The summed E-state index contributed by atoms with van der Waals surface area (Å²) in [6.45, 7) is 0. The molecule has 0 saturated heterocycles. The van der Waals surface area contributed by atoms with Crippen molar-refractivity contribution < 1.29 is 8.83 Å². The third-order valence-corrected chi connectivity index (χ3v) is 16.2. The van der Waals surface area contributed by atoms with Crippen LogP contribution in [0.25, 0.3) is 88.4 Å². The Morgan fingerprint density at radius 2 is 0.818 bits per heavy atom. The summed E-state index contributed by atoms with van der Waals surface area (Å²) < 4.78 is 13.6. The molecule has 2 aliphatic rings. The number of hydrogen-bond acceptors (Lipinski definition) is 4. The Hall–Kier alpha value is -10.2. The molecule has 14 aromatic rings. The van der Waals surface area contributed by atoms with Crippen LogP contribution in [0.2, 0.25) is 0 Å². The van der Waals surface area contributed by atoms with Gasteiger partial charge in [-0.05, 0) is 146 Å². The molecule has 12 aromatic carbocycles. The van der Waals surface area contributed by atoms with E-state index in [1.165, 1.54) is 50.1 Å². The van der Waals surface area contributed by atoms with Crippen molar-refractivity contribution in [1.82, 2.24) is 0 Å². The minimum Gasteiger partial charge on any atom is -0.456 e. The molecular formula is C73H46N2O2. The average Bonchev–Trinajstić information content (AvgIpc) is 4.15.